The first-order valence-electron chi connectivity index (χ1n) is 10.6. The van der Waals surface area contributed by atoms with Crippen LogP contribution >= 0.6 is 23.6 Å². The SMILES string of the molecule is O=C(Nc1cccc(NC(=S)NC(=O)c2cc([N+](=O)[O-])ccc2N2CCOCC2)c1)c1cccs1. The minimum Gasteiger partial charge on any atom is -0.378 e. The number of non-ortho nitro benzene ring substituents is 1. The lowest BCUT2D eigenvalue weighted by Gasteiger charge is -2.30. The zero-order valence-electron chi connectivity index (χ0n) is 18.4. The van der Waals surface area contributed by atoms with Crippen LogP contribution < -0.4 is 20.9 Å². The number of nitrogens with zero attached hydrogens (tertiary/aromatic N) is 2. The minimum absolute atomic E-state index is 0.0103. The quantitative estimate of drug-likeness (QED) is 0.259. The molecule has 10 nitrogen and oxygen atoms in total. The van der Waals surface area contributed by atoms with Gasteiger partial charge < -0.3 is 20.3 Å². The Morgan fingerprint density at radius 2 is 1.74 bits per heavy atom. The molecule has 2 heterocycles. The number of carbonyl (C=O) groups excluding carboxylic acids is 2. The van der Waals surface area contributed by atoms with Gasteiger partial charge in [-0.3, -0.25) is 25.0 Å². The van der Waals surface area contributed by atoms with Gasteiger partial charge in [0.2, 0.25) is 0 Å². The number of morpholine rings is 1. The van der Waals surface area contributed by atoms with Gasteiger partial charge in [0.25, 0.3) is 17.5 Å². The van der Waals surface area contributed by atoms with Crippen LogP contribution in [-0.2, 0) is 4.74 Å². The molecule has 0 unspecified atom stereocenters. The first kappa shape index (κ1) is 24.3. The summed E-state index contributed by atoms with van der Waals surface area (Å²) in [5, 5.41) is 21.4. The van der Waals surface area contributed by atoms with E-state index >= 15 is 0 Å². The molecule has 3 aromatic rings. The lowest BCUT2D eigenvalue weighted by molar-refractivity contribution is -0.384. The first-order chi connectivity index (χ1) is 16.9. The van der Waals surface area contributed by atoms with Crippen LogP contribution in [0, 0.1) is 10.1 Å². The summed E-state index contributed by atoms with van der Waals surface area (Å²) in [5.74, 6) is -0.802. The lowest BCUT2D eigenvalue weighted by Crippen LogP contribution is -2.39. The molecule has 0 radical (unpaired) electrons. The highest BCUT2D eigenvalue weighted by Crippen LogP contribution is 2.26. The highest BCUT2D eigenvalue weighted by molar-refractivity contribution is 7.80. The summed E-state index contributed by atoms with van der Waals surface area (Å²) in [6, 6.07) is 14.6. The second-order valence-electron chi connectivity index (χ2n) is 7.48. The molecule has 0 bridgehead atoms. The van der Waals surface area contributed by atoms with Crippen LogP contribution in [0.5, 0.6) is 0 Å². The number of nitro benzene ring substituents is 1. The molecule has 1 aliphatic heterocycles. The summed E-state index contributed by atoms with van der Waals surface area (Å²) < 4.78 is 5.36. The van der Waals surface area contributed by atoms with E-state index in [0.29, 0.717) is 48.2 Å². The van der Waals surface area contributed by atoms with Crippen molar-refractivity contribution in [2.24, 2.45) is 0 Å². The molecule has 1 aromatic heterocycles. The largest absolute Gasteiger partial charge is 0.378 e. The van der Waals surface area contributed by atoms with Gasteiger partial charge in [0.1, 0.15) is 0 Å². The van der Waals surface area contributed by atoms with Crippen LogP contribution in [0.25, 0.3) is 0 Å². The van der Waals surface area contributed by atoms with Gasteiger partial charge in [0, 0.05) is 36.6 Å². The van der Waals surface area contributed by atoms with Crippen LogP contribution in [0.4, 0.5) is 22.7 Å². The molecule has 0 saturated carbocycles. The third-order valence-electron chi connectivity index (χ3n) is 5.14. The molecule has 12 heteroatoms. The van der Waals surface area contributed by atoms with Gasteiger partial charge in [-0.2, -0.15) is 0 Å². The molecule has 2 amide bonds. The number of anilines is 3. The standard InChI is InChI=1S/C23H21N5O5S2/c29-21(18-14-17(28(31)32)6-7-19(18)27-8-10-33-11-9-27)26-23(34)25-16-4-1-3-15(13-16)24-22(30)20-5-2-12-35-20/h1-7,12-14H,8-11H2,(H,24,30)(H2,25,26,29,34). The van der Waals surface area contributed by atoms with E-state index in [1.54, 1.807) is 42.5 Å². The third-order valence-corrected chi connectivity index (χ3v) is 6.21. The van der Waals surface area contributed by atoms with Crippen molar-refractivity contribution >= 4 is 63.2 Å². The number of nitro groups is 1. The summed E-state index contributed by atoms with van der Waals surface area (Å²) in [6.07, 6.45) is 0. The fourth-order valence-electron chi connectivity index (χ4n) is 3.51. The van der Waals surface area contributed by atoms with Crippen LogP contribution in [0.15, 0.2) is 60.0 Å². The van der Waals surface area contributed by atoms with Crippen molar-refractivity contribution in [3.8, 4) is 0 Å². The van der Waals surface area contributed by atoms with Crippen molar-refractivity contribution in [1.82, 2.24) is 5.32 Å². The Balaban J connectivity index is 1.45. The summed E-state index contributed by atoms with van der Waals surface area (Å²) in [4.78, 5) is 38.6. The molecule has 1 saturated heterocycles. The number of ether oxygens (including phenoxy) is 1. The number of thiocarbonyl (C=S) groups is 1. The molecule has 180 valence electrons. The van der Waals surface area contributed by atoms with Crippen molar-refractivity contribution < 1.29 is 19.2 Å². The van der Waals surface area contributed by atoms with Crippen molar-refractivity contribution in [2.45, 2.75) is 0 Å². The van der Waals surface area contributed by atoms with Crippen LogP contribution in [0.2, 0.25) is 0 Å². The Morgan fingerprint density at radius 1 is 1.00 bits per heavy atom. The first-order valence-corrected chi connectivity index (χ1v) is 11.9. The molecular formula is C23H21N5O5S2. The van der Waals surface area contributed by atoms with Crippen molar-refractivity contribution in [3.05, 3.63) is 80.5 Å². The lowest BCUT2D eigenvalue weighted by atomic mass is 10.1. The molecule has 0 spiro atoms. The second kappa shape index (κ2) is 11.0. The maximum Gasteiger partial charge on any atom is 0.270 e. The van der Waals surface area contributed by atoms with Crippen molar-refractivity contribution in [2.75, 3.05) is 41.8 Å². The summed E-state index contributed by atoms with van der Waals surface area (Å²) in [7, 11) is 0. The van der Waals surface area contributed by atoms with Crippen molar-refractivity contribution in [3.63, 3.8) is 0 Å². The third kappa shape index (κ3) is 6.18. The Labute approximate surface area is 210 Å². The second-order valence-corrected chi connectivity index (χ2v) is 8.83. The highest BCUT2D eigenvalue weighted by Gasteiger charge is 2.22. The molecule has 4 rings (SSSR count). The van der Waals surface area contributed by atoms with Crippen molar-refractivity contribution in [1.29, 1.82) is 0 Å². The van der Waals surface area contributed by atoms with Gasteiger partial charge in [0.05, 0.1) is 34.3 Å². The van der Waals surface area contributed by atoms with E-state index in [2.05, 4.69) is 16.0 Å². The van der Waals surface area contributed by atoms with Gasteiger partial charge in [0.15, 0.2) is 5.11 Å². The number of hydrogen-bond donors (Lipinski definition) is 3. The van der Waals surface area contributed by atoms with E-state index in [4.69, 9.17) is 17.0 Å². The molecular weight excluding hydrogens is 490 g/mol. The van der Waals surface area contributed by atoms with Gasteiger partial charge in [-0.1, -0.05) is 12.1 Å². The maximum atomic E-state index is 13.1. The van der Waals surface area contributed by atoms with Gasteiger partial charge in [-0.25, -0.2) is 0 Å². The summed E-state index contributed by atoms with van der Waals surface area (Å²) in [6.45, 7) is 2.12. The molecule has 1 fully saturated rings. The number of nitrogens with one attached hydrogen (secondary N) is 3. The molecule has 3 N–H and O–H groups in total. The average molecular weight is 512 g/mol. The maximum absolute atomic E-state index is 13.1. The highest BCUT2D eigenvalue weighted by atomic mass is 32.1. The Hall–Kier alpha value is -3.87. The number of amides is 2. The Bertz CT molecular complexity index is 1260. The number of thiophene rings is 1. The van der Waals surface area contributed by atoms with Gasteiger partial charge in [-0.05, 0) is 47.9 Å². The molecule has 0 atom stereocenters. The average Bonchev–Trinajstić information content (AvgIpc) is 3.39. The summed E-state index contributed by atoms with van der Waals surface area (Å²) in [5.41, 5.74) is 1.61. The molecule has 2 aromatic carbocycles. The fraction of sp³-hybridized carbons (Fsp3) is 0.174. The predicted molar refractivity (Wildman–Crippen MR) is 139 cm³/mol. The number of carbonyl (C=O) groups is 2. The van der Waals surface area contributed by atoms with Gasteiger partial charge >= 0.3 is 0 Å². The number of rotatable bonds is 6. The van der Waals surface area contributed by atoms with Gasteiger partial charge in [-0.15, -0.1) is 11.3 Å². The molecule has 1 aliphatic rings. The van der Waals surface area contributed by atoms with E-state index < -0.39 is 10.8 Å². The smallest absolute Gasteiger partial charge is 0.270 e. The number of benzene rings is 2. The normalized spacial score (nSPS) is 13.1. The van der Waals surface area contributed by atoms with Crippen LogP contribution in [0.1, 0.15) is 20.0 Å². The van der Waals surface area contributed by atoms with Crippen LogP contribution in [0.3, 0.4) is 0 Å². The van der Waals surface area contributed by atoms with E-state index in [1.165, 1.54) is 23.5 Å². The monoisotopic (exact) mass is 511 g/mol. The van der Waals surface area contributed by atoms with E-state index in [0.717, 1.165) is 0 Å². The minimum atomic E-state index is -0.574. The summed E-state index contributed by atoms with van der Waals surface area (Å²) >= 11 is 6.63. The Morgan fingerprint density at radius 3 is 2.43 bits per heavy atom. The van der Waals surface area contributed by atoms with E-state index in [-0.39, 0.29) is 22.3 Å². The zero-order chi connectivity index (χ0) is 24.8. The molecule has 0 aliphatic carbocycles. The predicted octanol–water partition coefficient (Wildman–Crippen LogP) is 3.87. The zero-order valence-corrected chi connectivity index (χ0v) is 20.0. The number of hydrogen-bond acceptors (Lipinski definition) is 8. The topological polar surface area (TPSA) is 126 Å². The van der Waals surface area contributed by atoms with Crippen LogP contribution in [-0.4, -0.2) is 48.2 Å². The fourth-order valence-corrected chi connectivity index (χ4v) is 4.34. The van der Waals surface area contributed by atoms with E-state index in [9.17, 15) is 19.7 Å². The van der Waals surface area contributed by atoms with E-state index in [1.807, 2.05) is 10.3 Å². The Kier molecular flexibility index (Phi) is 7.65. The molecule has 35 heavy (non-hydrogen) atoms.